The predicted molar refractivity (Wildman–Crippen MR) is 112 cm³/mol. The number of nitrogens with zero attached hydrogens (tertiary/aromatic N) is 1. The van der Waals surface area contributed by atoms with Gasteiger partial charge in [0.15, 0.2) is 0 Å². The van der Waals surface area contributed by atoms with E-state index in [9.17, 15) is 13.2 Å². The van der Waals surface area contributed by atoms with Gasteiger partial charge in [0.25, 0.3) is 5.91 Å². The minimum absolute atomic E-state index is 0.217. The molecule has 0 saturated heterocycles. The molecular weight excluding hydrogens is 392 g/mol. The van der Waals surface area contributed by atoms with E-state index >= 15 is 0 Å². The molecule has 1 atom stereocenters. The van der Waals surface area contributed by atoms with Gasteiger partial charge < -0.3 is 14.8 Å². The van der Waals surface area contributed by atoms with Crippen molar-refractivity contribution in [2.45, 2.75) is 31.9 Å². The average molecular weight is 419 g/mol. The van der Waals surface area contributed by atoms with Crippen LogP contribution in [0.25, 0.3) is 0 Å². The largest absolute Gasteiger partial charge is 0.497 e. The fourth-order valence-electron chi connectivity index (χ4n) is 3.34. The van der Waals surface area contributed by atoms with Gasteiger partial charge in [-0.1, -0.05) is 0 Å². The molecule has 0 bridgehead atoms. The third-order valence-corrected chi connectivity index (χ3v) is 6.18. The van der Waals surface area contributed by atoms with Crippen LogP contribution in [0.1, 0.15) is 42.2 Å². The summed E-state index contributed by atoms with van der Waals surface area (Å²) in [5.74, 6) is 1.15. The van der Waals surface area contributed by atoms with Crippen molar-refractivity contribution < 1.29 is 22.7 Å². The van der Waals surface area contributed by atoms with Crippen molar-refractivity contribution >= 4 is 21.6 Å². The van der Waals surface area contributed by atoms with Crippen molar-refractivity contribution in [1.82, 2.24) is 5.32 Å². The van der Waals surface area contributed by atoms with Crippen LogP contribution >= 0.6 is 0 Å². The van der Waals surface area contributed by atoms with Gasteiger partial charge in [0.1, 0.15) is 17.1 Å². The van der Waals surface area contributed by atoms with Crippen LogP contribution < -0.4 is 19.1 Å². The highest BCUT2D eigenvalue weighted by Crippen LogP contribution is 2.41. The molecule has 0 radical (unpaired) electrons. The number of benzene rings is 2. The predicted octanol–water partition coefficient (Wildman–Crippen LogP) is 3.12. The second-order valence-electron chi connectivity index (χ2n) is 7.77. The van der Waals surface area contributed by atoms with Crippen LogP contribution in [0.2, 0.25) is 0 Å². The Morgan fingerprint density at radius 3 is 2.45 bits per heavy atom. The molecule has 156 valence electrons. The van der Waals surface area contributed by atoms with Crippen molar-refractivity contribution in [3.63, 3.8) is 0 Å². The van der Waals surface area contributed by atoms with E-state index < -0.39 is 15.6 Å². The standard InChI is InChI=1S/C21H26N2O5S/c1-21(2)13-18(17-11-10-16(27-4)12-19(17)28-21)22-20(24)14-6-8-15(9-7-14)23(3)29(5,25)26/h6-12,18H,13H2,1-5H3,(H,22,24)/t18-/m1/s1. The smallest absolute Gasteiger partial charge is 0.251 e. The van der Waals surface area contributed by atoms with E-state index in [2.05, 4.69) is 5.32 Å². The third kappa shape index (κ3) is 4.64. The first-order valence-electron chi connectivity index (χ1n) is 9.22. The van der Waals surface area contributed by atoms with E-state index in [0.29, 0.717) is 29.2 Å². The van der Waals surface area contributed by atoms with Gasteiger partial charge in [0.2, 0.25) is 10.0 Å². The number of nitrogens with one attached hydrogen (secondary N) is 1. The Kier molecular flexibility index (Phi) is 5.49. The summed E-state index contributed by atoms with van der Waals surface area (Å²) in [6.45, 7) is 3.95. The van der Waals surface area contributed by atoms with Gasteiger partial charge in [-0.15, -0.1) is 0 Å². The lowest BCUT2D eigenvalue weighted by atomic mass is 9.89. The first kappa shape index (κ1) is 21.0. The second-order valence-corrected chi connectivity index (χ2v) is 9.79. The quantitative estimate of drug-likeness (QED) is 0.806. The highest BCUT2D eigenvalue weighted by atomic mass is 32.2. The van der Waals surface area contributed by atoms with Gasteiger partial charge >= 0.3 is 0 Å². The molecule has 0 aromatic heterocycles. The zero-order valence-electron chi connectivity index (χ0n) is 17.2. The van der Waals surface area contributed by atoms with Gasteiger partial charge in [0.05, 0.1) is 25.1 Å². The maximum atomic E-state index is 12.8. The minimum Gasteiger partial charge on any atom is -0.497 e. The molecule has 1 N–H and O–H groups in total. The summed E-state index contributed by atoms with van der Waals surface area (Å²) in [6, 6.07) is 11.8. The molecule has 2 aromatic carbocycles. The summed E-state index contributed by atoms with van der Waals surface area (Å²) < 4.78 is 35.8. The normalized spacial score (nSPS) is 17.6. The van der Waals surface area contributed by atoms with Gasteiger partial charge in [-0.2, -0.15) is 0 Å². The Morgan fingerprint density at radius 2 is 1.86 bits per heavy atom. The molecule has 0 saturated carbocycles. The lowest BCUT2D eigenvalue weighted by Gasteiger charge is -2.38. The molecule has 7 nitrogen and oxygen atoms in total. The molecule has 1 aliphatic rings. The number of carbonyl (C=O) groups excluding carboxylic acids is 1. The highest BCUT2D eigenvalue weighted by molar-refractivity contribution is 7.92. The van der Waals surface area contributed by atoms with E-state index in [0.717, 1.165) is 11.8 Å². The number of hydrogen-bond acceptors (Lipinski definition) is 5. The van der Waals surface area contributed by atoms with Crippen LogP contribution in [0.4, 0.5) is 5.69 Å². The van der Waals surface area contributed by atoms with Crippen LogP contribution in [0, 0.1) is 0 Å². The zero-order valence-corrected chi connectivity index (χ0v) is 18.0. The molecular formula is C21H26N2O5S. The van der Waals surface area contributed by atoms with E-state index in [1.807, 2.05) is 32.0 Å². The first-order chi connectivity index (χ1) is 13.5. The van der Waals surface area contributed by atoms with E-state index in [-0.39, 0.29) is 11.9 Å². The van der Waals surface area contributed by atoms with Gasteiger partial charge in [0, 0.05) is 30.7 Å². The number of ether oxygens (including phenoxy) is 2. The molecule has 1 aliphatic heterocycles. The first-order valence-corrected chi connectivity index (χ1v) is 11.1. The van der Waals surface area contributed by atoms with Crippen molar-refractivity contribution in [2.75, 3.05) is 24.7 Å². The molecule has 29 heavy (non-hydrogen) atoms. The minimum atomic E-state index is -3.36. The number of sulfonamides is 1. The van der Waals surface area contributed by atoms with Gasteiger partial charge in [-0.25, -0.2) is 8.42 Å². The van der Waals surface area contributed by atoms with E-state index in [4.69, 9.17) is 9.47 Å². The highest BCUT2D eigenvalue weighted by Gasteiger charge is 2.35. The second kappa shape index (κ2) is 7.59. The summed E-state index contributed by atoms with van der Waals surface area (Å²) in [4.78, 5) is 12.8. The molecule has 1 heterocycles. The van der Waals surface area contributed by atoms with E-state index in [1.54, 1.807) is 31.4 Å². The number of anilines is 1. The summed E-state index contributed by atoms with van der Waals surface area (Å²) >= 11 is 0. The van der Waals surface area contributed by atoms with Crippen molar-refractivity contribution in [3.05, 3.63) is 53.6 Å². The maximum absolute atomic E-state index is 12.8. The molecule has 0 spiro atoms. The average Bonchev–Trinajstić information content (AvgIpc) is 2.65. The Hall–Kier alpha value is -2.74. The van der Waals surface area contributed by atoms with Crippen molar-refractivity contribution in [1.29, 1.82) is 0 Å². The van der Waals surface area contributed by atoms with Gasteiger partial charge in [-0.05, 0) is 50.2 Å². The van der Waals surface area contributed by atoms with Crippen LogP contribution in [0.5, 0.6) is 11.5 Å². The summed E-state index contributed by atoms with van der Waals surface area (Å²) in [5.41, 5.74) is 1.40. The Balaban J connectivity index is 1.82. The molecule has 3 rings (SSSR count). The molecule has 8 heteroatoms. The molecule has 0 unspecified atom stereocenters. The number of amides is 1. The topological polar surface area (TPSA) is 84.9 Å². The number of hydrogen-bond donors (Lipinski definition) is 1. The van der Waals surface area contributed by atoms with Crippen LogP contribution in [-0.2, 0) is 10.0 Å². The van der Waals surface area contributed by atoms with Crippen molar-refractivity contribution in [3.8, 4) is 11.5 Å². The van der Waals surface area contributed by atoms with Crippen LogP contribution in [0.15, 0.2) is 42.5 Å². The molecule has 0 aliphatic carbocycles. The molecule has 1 amide bonds. The van der Waals surface area contributed by atoms with Crippen molar-refractivity contribution in [2.24, 2.45) is 0 Å². The SMILES string of the molecule is COc1ccc2c(c1)OC(C)(C)C[C@H]2NC(=O)c1ccc(N(C)S(C)(=O)=O)cc1. The fraction of sp³-hybridized carbons (Fsp3) is 0.381. The Morgan fingerprint density at radius 1 is 1.21 bits per heavy atom. The third-order valence-electron chi connectivity index (χ3n) is 4.97. The lowest BCUT2D eigenvalue weighted by molar-refractivity contribution is 0.0617. The summed E-state index contributed by atoms with van der Waals surface area (Å²) in [7, 11) is -0.286. The summed E-state index contributed by atoms with van der Waals surface area (Å²) in [6.07, 6.45) is 1.75. The van der Waals surface area contributed by atoms with Crippen LogP contribution in [0.3, 0.4) is 0 Å². The van der Waals surface area contributed by atoms with Crippen LogP contribution in [-0.4, -0.2) is 40.3 Å². The fourth-order valence-corrected chi connectivity index (χ4v) is 3.85. The number of methoxy groups -OCH3 is 1. The maximum Gasteiger partial charge on any atom is 0.251 e. The lowest BCUT2D eigenvalue weighted by Crippen LogP contribution is -2.41. The molecule has 2 aromatic rings. The van der Waals surface area contributed by atoms with Gasteiger partial charge in [-0.3, -0.25) is 9.10 Å². The molecule has 0 fully saturated rings. The number of carbonyl (C=O) groups is 1. The zero-order chi connectivity index (χ0) is 21.4. The monoisotopic (exact) mass is 418 g/mol. The Labute approximate surface area is 171 Å². The number of fused-ring (bicyclic) bond motifs is 1. The number of rotatable bonds is 5. The Bertz CT molecular complexity index is 1020. The summed E-state index contributed by atoms with van der Waals surface area (Å²) in [5, 5.41) is 3.07. The van der Waals surface area contributed by atoms with E-state index in [1.165, 1.54) is 11.4 Å².